The molecule has 2 aromatic heterocycles. The van der Waals surface area contributed by atoms with Gasteiger partial charge in [0.05, 0.1) is 24.1 Å². The monoisotopic (exact) mass is 544 g/mol. The highest BCUT2D eigenvalue weighted by atomic mass is 32.1. The highest BCUT2D eigenvalue weighted by Crippen LogP contribution is 2.50. The maximum atomic E-state index is 15.0. The van der Waals surface area contributed by atoms with E-state index < -0.39 is 40.2 Å². The number of anilines is 2. The van der Waals surface area contributed by atoms with Crippen molar-refractivity contribution < 1.29 is 27.1 Å². The first kappa shape index (κ1) is 25.7. The van der Waals surface area contributed by atoms with Gasteiger partial charge in [0, 0.05) is 30.6 Å². The third kappa shape index (κ3) is 4.38. The molecule has 0 radical (unpaired) electrons. The Morgan fingerprint density at radius 3 is 2.50 bits per heavy atom. The standard InChI is InChI=1S/C25H20F4N6O2S/c26-18-12-15(3-4-20(18)37-10-5-21-31-8-2-9-32-21)35-23(38)34(22(36)24(35)6-1-7-24)16-11-17(25(27,28)29)19(13-30)33-14-16/h2-4,8-9,11-12,14,23,38H,1,5-7,10H2. The van der Waals surface area contributed by atoms with Gasteiger partial charge in [-0.15, -0.1) is 12.6 Å². The van der Waals surface area contributed by atoms with Crippen molar-refractivity contribution in [3.63, 3.8) is 0 Å². The molecule has 196 valence electrons. The van der Waals surface area contributed by atoms with Crippen LogP contribution in [-0.2, 0) is 17.4 Å². The van der Waals surface area contributed by atoms with Crippen LogP contribution in [0.2, 0.25) is 0 Å². The average Bonchev–Trinajstić information content (AvgIpc) is 3.11. The third-order valence-corrected chi connectivity index (χ3v) is 7.14. The first-order valence-electron chi connectivity index (χ1n) is 11.6. The van der Waals surface area contributed by atoms with E-state index in [1.807, 2.05) is 0 Å². The molecule has 0 bridgehead atoms. The number of rotatable bonds is 6. The number of carbonyl (C=O) groups excluding carboxylic acids is 1. The summed E-state index contributed by atoms with van der Waals surface area (Å²) in [5.74, 6) is -0.587. The van der Waals surface area contributed by atoms with Crippen molar-refractivity contribution in [1.82, 2.24) is 15.0 Å². The number of thiol groups is 1. The van der Waals surface area contributed by atoms with Crippen LogP contribution in [0, 0.1) is 17.1 Å². The van der Waals surface area contributed by atoms with Crippen molar-refractivity contribution in [2.24, 2.45) is 0 Å². The number of nitrogens with zero attached hydrogens (tertiary/aromatic N) is 6. The number of amides is 1. The largest absolute Gasteiger partial charge is 0.490 e. The molecule has 1 unspecified atom stereocenters. The topological polar surface area (TPSA) is 95.2 Å². The van der Waals surface area contributed by atoms with Crippen LogP contribution in [0.1, 0.15) is 36.3 Å². The number of pyridine rings is 1. The van der Waals surface area contributed by atoms with E-state index in [1.54, 1.807) is 29.4 Å². The van der Waals surface area contributed by atoms with Gasteiger partial charge in [0.2, 0.25) is 0 Å². The average molecular weight is 545 g/mol. The summed E-state index contributed by atoms with van der Waals surface area (Å²) >= 11 is 4.57. The Hall–Kier alpha value is -3.92. The van der Waals surface area contributed by atoms with E-state index in [9.17, 15) is 18.0 Å². The van der Waals surface area contributed by atoms with E-state index in [2.05, 4.69) is 27.6 Å². The van der Waals surface area contributed by atoms with Gasteiger partial charge in [-0.2, -0.15) is 18.4 Å². The SMILES string of the molecule is N#Cc1ncc(N2C(=O)C3(CCC3)N(c3ccc(OCCc4ncccn4)c(F)c3)C2S)cc1C(F)(F)F. The van der Waals surface area contributed by atoms with Gasteiger partial charge in [-0.3, -0.25) is 9.69 Å². The van der Waals surface area contributed by atoms with Crippen LogP contribution < -0.4 is 14.5 Å². The van der Waals surface area contributed by atoms with Crippen LogP contribution >= 0.6 is 12.6 Å². The van der Waals surface area contributed by atoms with E-state index in [-0.39, 0.29) is 18.0 Å². The summed E-state index contributed by atoms with van der Waals surface area (Å²) in [6.07, 6.45) is 1.32. The number of nitriles is 1. The quantitative estimate of drug-likeness (QED) is 0.360. The first-order valence-corrected chi connectivity index (χ1v) is 12.1. The smallest absolute Gasteiger partial charge is 0.419 e. The van der Waals surface area contributed by atoms with Gasteiger partial charge in [-0.05, 0) is 43.5 Å². The van der Waals surface area contributed by atoms with Crippen LogP contribution in [0.5, 0.6) is 5.75 Å². The fourth-order valence-electron chi connectivity index (χ4n) is 4.72. The predicted molar refractivity (Wildman–Crippen MR) is 131 cm³/mol. The van der Waals surface area contributed by atoms with Gasteiger partial charge in [0.15, 0.2) is 22.8 Å². The van der Waals surface area contributed by atoms with Crippen molar-refractivity contribution in [2.45, 2.75) is 42.9 Å². The van der Waals surface area contributed by atoms with Gasteiger partial charge >= 0.3 is 6.18 Å². The molecule has 1 aliphatic carbocycles. The Morgan fingerprint density at radius 1 is 1.16 bits per heavy atom. The molecule has 0 N–H and O–H groups in total. The second-order valence-electron chi connectivity index (χ2n) is 8.85. The molecule has 1 spiro atoms. The minimum Gasteiger partial charge on any atom is -0.490 e. The number of hydrogen-bond acceptors (Lipinski definition) is 8. The molecule has 3 heterocycles. The first-order chi connectivity index (χ1) is 18.2. The molecule has 2 aliphatic rings. The van der Waals surface area contributed by atoms with Crippen LogP contribution in [-0.4, -0.2) is 38.5 Å². The van der Waals surface area contributed by atoms with Crippen LogP contribution in [0.4, 0.5) is 28.9 Å². The summed E-state index contributed by atoms with van der Waals surface area (Å²) in [6, 6.07) is 8.06. The molecule has 3 aromatic rings. The summed E-state index contributed by atoms with van der Waals surface area (Å²) in [4.78, 5) is 28.1. The zero-order valence-electron chi connectivity index (χ0n) is 19.7. The summed E-state index contributed by atoms with van der Waals surface area (Å²) in [7, 11) is 0. The van der Waals surface area contributed by atoms with Crippen molar-refractivity contribution in [3.05, 3.63) is 71.8 Å². The molecule has 1 aromatic carbocycles. The molecule has 13 heteroatoms. The number of aromatic nitrogens is 3. The van der Waals surface area contributed by atoms with E-state index in [4.69, 9.17) is 10.00 Å². The second kappa shape index (κ2) is 9.75. The fraction of sp³-hybridized carbons (Fsp3) is 0.320. The lowest BCUT2D eigenvalue weighted by molar-refractivity contribution is -0.138. The number of alkyl halides is 3. The molecule has 1 saturated carbocycles. The Kier molecular flexibility index (Phi) is 6.60. The van der Waals surface area contributed by atoms with Gasteiger partial charge in [0.25, 0.3) is 5.91 Å². The Bertz CT molecular complexity index is 1410. The van der Waals surface area contributed by atoms with E-state index >= 15 is 4.39 Å². The van der Waals surface area contributed by atoms with E-state index in [1.165, 1.54) is 18.2 Å². The molecular formula is C25H20F4N6O2S. The molecule has 1 amide bonds. The molecule has 2 fully saturated rings. The lowest BCUT2D eigenvalue weighted by atomic mass is 9.75. The number of hydrogen-bond donors (Lipinski definition) is 1. The summed E-state index contributed by atoms with van der Waals surface area (Å²) in [6.45, 7) is 0.141. The molecule has 1 saturated heterocycles. The van der Waals surface area contributed by atoms with Crippen molar-refractivity contribution >= 4 is 29.9 Å². The highest BCUT2D eigenvalue weighted by molar-refractivity contribution is 7.81. The molecule has 5 rings (SSSR count). The molecule has 8 nitrogen and oxygen atoms in total. The number of ether oxygens (including phenoxy) is 1. The lowest BCUT2D eigenvalue weighted by Gasteiger charge is -2.44. The minimum atomic E-state index is -4.84. The molecule has 1 atom stereocenters. The minimum absolute atomic E-state index is 0.00320. The number of benzene rings is 1. The van der Waals surface area contributed by atoms with Gasteiger partial charge in [-0.25, -0.2) is 19.3 Å². The van der Waals surface area contributed by atoms with Crippen LogP contribution in [0.15, 0.2) is 48.9 Å². The van der Waals surface area contributed by atoms with Crippen LogP contribution in [0.3, 0.4) is 0 Å². The summed E-state index contributed by atoms with van der Waals surface area (Å²) < 4.78 is 61.2. The molecule has 38 heavy (non-hydrogen) atoms. The van der Waals surface area contributed by atoms with Gasteiger partial charge in [-0.1, -0.05) is 0 Å². The number of carbonyl (C=O) groups is 1. The zero-order valence-corrected chi connectivity index (χ0v) is 20.6. The van der Waals surface area contributed by atoms with Gasteiger partial charge in [0.1, 0.15) is 17.4 Å². The predicted octanol–water partition coefficient (Wildman–Crippen LogP) is 4.51. The Morgan fingerprint density at radius 2 is 1.89 bits per heavy atom. The van der Waals surface area contributed by atoms with Gasteiger partial charge < -0.3 is 9.64 Å². The molecule has 1 aliphatic heterocycles. The maximum absolute atomic E-state index is 15.0. The van der Waals surface area contributed by atoms with E-state index in [0.29, 0.717) is 37.2 Å². The Balaban J connectivity index is 1.42. The van der Waals surface area contributed by atoms with Crippen LogP contribution in [0.25, 0.3) is 0 Å². The second-order valence-corrected chi connectivity index (χ2v) is 9.32. The highest BCUT2D eigenvalue weighted by Gasteiger charge is 2.60. The van der Waals surface area contributed by atoms with Crippen molar-refractivity contribution in [1.29, 1.82) is 5.26 Å². The van der Waals surface area contributed by atoms with Crippen molar-refractivity contribution in [2.75, 3.05) is 16.4 Å². The normalized spacial score (nSPS) is 18.4. The molecular weight excluding hydrogens is 524 g/mol. The van der Waals surface area contributed by atoms with E-state index in [0.717, 1.165) is 17.2 Å². The third-order valence-electron chi connectivity index (χ3n) is 6.68. The maximum Gasteiger partial charge on any atom is 0.419 e. The summed E-state index contributed by atoms with van der Waals surface area (Å²) in [5, 5.41) is 9.06. The fourth-order valence-corrected chi connectivity index (χ4v) is 5.32. The lowest BCUT2D eigenvalue weighted by Crippen LogP contribution is -2.55. The summed E-state index contributed by atoms with van der Waals surface area (Å²) in [5.41, 5.74) is -4.00. The zero-order chi connectivity index (χ0) is 27.1. The number of halogens is 4. The Labute approximate surface area is 220 Å². The van der Waals surface area contributed by atoms with Crippen molar-refractivity contribution in [3.8, 4) is 11.8 Å².